The van der Waals surface area contributed by atoms with Crippen molar-refractivity contribution < 1.29 is 17.9 Å². The summed E-state index contributed by atoms with van der Waals surface area (Å²) in [4.78, 5) is 0. The normalized spacial score (nSPS) is 32.8. The van der Waals surface area contributed by atoms with Crippen molar-refractivity contribution in [3.8, 4) is 0 Å². The van der Waals surface area contributed by atoms with Gasteiger partial charge in [0.05, 0.1) is 11.5 Å². The lowest BCUT2D eigenvalue weighted by atomic mass is 10.2. The topological polar surface area (TPSA) is 52.6 Å². The lowest BCUT2D eigenvalue weighted by Crippen LogP contribution is -2.18. The molecule has 0 radical (unpaired) electrons. The van der Waals surface area contributed by atoms with Crippen LogP contribution in [0.4, 0.5) is 0 Å². The fourth-order valence-electron chi connectivity index (χ4n) is 2.15. The van der Waals surface area contributed by atoms with E-state index in [0.717, 1.165) is 5.56 Å². The van der Waals surface area contributed by atoms with Gasteiger partial charge in [-0.3, -0.25) is 0 Å². The Morgan fingerprint density at radius 1 is 1.00 bits per heavy atom. The van der Waals surface area contributed by atoms with E-state index in [1.54, 1.807) is 0 Å². The maximum absolute atomic E-state index is 11.3. The second-order valence-electron chi connectivity index (χ2n) is 4.17. The zero-order valence-corrected chi connectivity index (χ0v) is 9.39. The SMILES string of the molecule is O=S1(=O)C[C@@H]2OC(c3ccccc3)O[C@H]2C1. The van der Waals surface area contributed by atoms with Gasteiger partial charge in [-0.05, 0) is 0 Å². The molecule has 1 aromatic carbocycles. The second kappa shape index (κ2) is 3.55. The molecule has 0 unspecified atom stereocenters. The standard InChI is InChI=1S/C11H12O4S/c12-16(13)6-9-10(7-16)15-11(14-9)8-4-2-1-3-5-8/h1-5,9-11H,6-7H2/t9-,10-/m0/s1. The van der Waals surface area contributed by atoms with Crippen molar-refractivity contribution in [1.29, 1.82) is 0 Å². The Labute approximate surface area is 94.1 Å². The summed E-state index contributed by atoms with van der Waals surface area (Å²) in [5.41, 5.74) is 0.939. The summed E-state index contributed by atoms with van der Waals surface area (Å²) in [6, 6.07) is 9.57. The Morgan fingerprint density at radius 2 is 1.56 bits per heavy atom. The van der Waals surface area contributed by atoms with Gasteiger partial charge < -0.3 is 9.47 Å². The van der Waals surface area contributed by atoms with Crippen molar-refractivity contribution in [1.82, 2.24) is 0 Å². The number of fused-ring (bicyclic) bond motifs is 1. The fourth-order valence-corrected chi connectivity index (χ4v) is 3.88. The van der Waals surface area contributed by atoms with Crippen LogP contribution in [0.15, 0.2) is 30.3 Å². The maximum atomic E-state index is 11.3. The Hall–Kier alpha value is -0.910. The molecular formula is C11H12O4S. The van der Waals surface area contributed by atoms with Crippen LogP contribution >= 0.6 is 0 Å². The molecule has 2 heterocycles. The summed E-state index contributed by atoms with van der Waals surface area (Å²) in [6.07, 6.45) is -1.00. The fraction of sp³-hybridized carbons (Fsp3) is 0.455. The van der Waals surface area contributed by atoms with Crippen LogP contribution in [-0.4, -0.2) is 32.1 Å². The van der Waals surface area contributed by atoms with E-state index < -0.39 is 16.1 Å². The zero-order valence-electron chi connectivity index (χ0n) is 8.57. The van der Waals surface area contributed by atoms with Gasteiger partial charge in [-0.15, -0.1) is 0 Å². The summed E-state index contributed by atoms with van der Waals surface area (Å²) in [7, 11) is -2.96. The van der Waals surface area contributed by atoms with Gasteiger partial charge in [-0.25, -0.2) is 8.42 Å². The monoisotopic (exact) mass is 240 g/mol. The quantitative estimate of drug-likeness (QED) is 0.731. The first-order chi connectivity index (χ1) is 7.64. The van der Waals surface area contributed by atoms with Gasteiger partial charge in [-0.2, -0.15) is 0 Å². The lowest BCUT2D eigenvalue weighted by Gasteiger charge is -2.11. The third-order valence-corrected chi connectivity index (χ3v) is 4.59. The average molecular weight is 240 g/mol. The molecule has 1 aromatic rings. The lowest BCUT2D eigenvalue weighted by molar-refractivity contribution is -0.0658. The zero-order chi connectivity index (χ0) is 11.2. The Kier molecular flexibility index (Phi) is 2.27. The van der Waals surface area contributed by atoms with E-state index >= 15 is 0 Å². The minimum Gasteiger partial charge on any atom is -0.341 e. The third-order valence-electron chi connectivity index (χ3n) is 2.92. The highest BCUT2D eigenvalue weighted by atomic mass is 32.2. The van der Waals surface area contributed by atoms with Crippen LogP contribution in [0.3, 0.4) is 0 Å². The molecule has 2 saturated heterocycles. The first-order valence-electron chi connectivity index (χ1n) is 5.20. The Balaban J connectivity index is 1.78. The molecule has 4 nitrogen and oxygen atoms in total. The third kappa shape index (κ3) is 1.75. The molecule has 0 spiro atoms. The predicted molar refractivity (Wildman–Crippen MR) is 57.6 cm³/mol. The van der Waals surface area contributed by atoms with Gasteiger partial charge in [0.15, 0.2) is 16.1 Å². The molecule has 0 N–H and O–H groups in total. The summed E-state index contributed by atoms with van der Waals surface area (Å²) >= 11 is 0. The molecular weight excluding hydrogens is 228 g/mol. The maximum Gasteiger partial charge on any atom is 0.184 e. The molecule has 3 rings (SSSR count). The van der Waals surface area contributed by atoms with E-state index in [2.05, 4.69) is 0 Å². The number of sulfone groups is 1. The Morgan fingerprint density at radius 3 is 2.12 bits per heavy atom. The van der Waals surface area contributed by atoms with E-state index in [1.807, 2.05) is 30.3 Å². The molecule has 0 aromatic heterocycles. The smallest absolute Gasteiger partial charge is 0.184 e. The molecule has 2 aliphatic heterocycles. The molecule has 2 aliphatic rings. The van der Waals surface area contributed by atoms with Crippen LogP contribution in [0.25, 0.3) is 0 Å². The van der Waals surface area contributed by atoms with Crippen LogP contribution in [0, 0.1) is 0 Å². The number of hydrogen-bond acceptors (Lipinski definition) is 4. The Bertz CT molecular complexity index is 462. The molecule has 0 aliphatic carbocycles. The van der Waals surface area contributed by atoms with Crippen molar-refractivity contribution in [3.05, 3.63) is 35.9 Å². The van der Waals surface area contributed by atoms with E-state index in [-0.39, 0.29) is 23.7 Å². The van der Waals surface area contributed by atoms with Crippen LogP contribution in [0.2, 0.25) is 0 Å². The van der Waals surface area contributed by atoms with Gasteiger partial charge in [0.2, 0.25) is 0 Å². The van der Waals surface area contributed by atoms with Crippen LogP contribution in [0.5, 0.6) is 0 Å². The molecule has 0 bridgehead atoms. The van der Waals surface area contributed by atoms with Gasteiger partial charge >= 0.3 is 0 Å². The van der Waals surface area contributed by atoms with E-state index in [0.29, 0.717) is 0 Å². The molecule has 0 saturated carbocycles. The second-order valence-corrected chi connectivity index (χ2v) is 6.32. The predicted octanol–water partition coefficient (Wildman–Crippen LogP) is 0.898. The van der Waals surface area contributed by atoms with Crippen molar-refractivity contribution >= 4 is 9.84 Å². The molecule has 2 fully saturated rings. The van der Waals surface area contributed by atoms with Gasteiger partial charge in [-0.1, -0.05) is 30.3 Å². The molecule has 2 atom stereocenters. The summed E-state index contributed by atoms with van der Waals surface area (Å²) in [5.74, 6) is 0.169. The van der Waals surface area contributed by atoms with Crippen LogP contribution in [-0.2, 0) is 19.3 Å². The highest BCUT2D eigenvalue weighted by Crippen LogP contribution is 2.35. The molecule has 86 valence electrons. The minimum absolute atomic E-state index is 0.0843. The highest BCUT2D eigenvalue weighted by molar-refractivity contribution is 7.91. The summed E-state index contributed by atoms with van der Waals surface area (Å²) < 4.78 is 33.9. The van der Waals surface area contributed by atoms with E-state index in [4.69, 9.17) is 9.47 Å². The average Bonchev–Trinajstić information content (AvgIpc) is 2.72. The van der Waals surface area contributed by atoms with Crippen LogP contribution < -0.4 is 0 Å². The van der Waals surface area contributed by atoms with Gasteiger partial charge in [0.1, 0.15) is 12.2 Å². The summed E-state index contributed by atoms with van der Waals surface area (Å²) in [5, 5.41) is 0. The number of hydrogen-bond donors (Lipinski definition) is 0. The van der Waals surface area contributed by atoms with Crippen molar-refractivity contribution in [2.75, 3.05) is 11.5 Å². The van der Waals surface area contributed by atoms with Crippen molar-refractivity contribution in [2.45, 2.75) is 18.5 Å². The number of benzene rings is 1. The van der Waals surface area contributed by atoms with Gasteiger partial charge in [0.25, 0.3) is 0 Å². The van der Waals surface area contributed by atoms with Crippen LogP contribution in [0.1, 0.15) is 11.9 Å². The van der Waals surface area contributed by atoms with E-state index in [1.165, 1.54) is 0 Å². The first kappa shape index (κ1) is 10.3. The minimum atomic E-state index is -2.96. The summed E-state index contributed by atoms with van der Waals surface area (Å²) in [6.45, 7) is 0. The van der Waals surface area contributed by atoms with Crippen molar-refractivity contribution in [3.63, 3.8) is 0 Å². The van der Waals surface area contributed by atoms with Gasteiger partial charge in [0, 0.05) is 5.56 Å². The first-order valence-corrected chi connectivity index (χ1v) is 7.02. The largest absolute Gasteiger partial charge is 0.341 e. The molecule has 0 amide bonds. The number of rotatable bonds is 1. The molecule has 5 heteroatoms. The number of ether oxygens (including phenoxy) is 2. The highest BCUT2D eigenvalue weighted by Gasteiger charge is 2.46. The molecule has 16 heavy (non-hydrogen) atoms. The van der Waals surface area contributed by atoms with Crippen molar-refractivity contribution in [2.24, 2.45) is 0 Å². The van der Waals surface area contributed by atoms with E-state index in [9.17, 15) is 8.42 Å².